The Hall–Kier alpha value is 2.37. The molecule has 0 aromatic carbocycles. The van der Waals surface area contributed by atoms with Crippen molar-refractivity contribution in [1.29, 1.82) is 0 Å². The third-order valence-corrected chi connectivity index (χ3v) is 1.29. The van der Waals surface area contributed by atoms with Crippen LogP contribution in [0.4, 0.5) is 0 Å². The second-order valence-electron chi connectivity index (χ2n) is 2.48. The van der Waals surface area contributed by atoms with Gasteiger partial charge in [0.05, 0.1) is 12.8 Å². The summed E-state index contributed by atoms with van der Waals surface area (Å²) >= 11 is 0. The van der Waals surface area contributed by atoms with Crippen LogP contribution in [0.2, 0.25) is 0 Å². The summed E-state index contributed by atoms with van der Waals surface area (Å²) in [5.41, 5.74) is -2.74. The first kappa shape index (κ1) is 31.7. The first-order valence-corrected chi connectivity index (χ1v) is 3.17. The van der Waals surface area contributed by atoms with Crippen molar-refractivity contribution in [2.24, 2.45) is 0 Å². The molecule has 82 valence electrons. The van der Waals surface area contributed by atoms with Crippen molar-refractivity contribution in [3.8, 4) is 0 Å². The van der Waals surface area contributed by atoms with E-state index in [1.807, 2.05) is 0 Å². The monoisotopic (exact) mass is 288 g/mol. The van der Waals surface area contributed by atoms with E-state index in [1.165, 1.54) is 0 Å². The molecule has 0 radical (unpaired) electrons. The van der Waals surface area contributed by atoms with Gasteiger partial charge in [-0.05, 0) is 0 Å². The molecular weight excluding hydrogens is 276 g/mol. The van der Waals surface area contributed by atoms with Crippen LogP contribution in [0.1, 0.15) is 12.8 Å². The van der Waals surface area contributed by atoms with E-state index in [2.05, 4.69) is 0 Å². The van der Waals surface area contributed by atoms with E-state index < -0.39 is 36.4 Å². The summed E-state index contributed by atoms with van der Waals surface area (Å²) in [6.07, 6.45) is -2.29. The molecule has 0 aromatic heterocycles. The fraction of sp³-hybridized carbons (Fsp3) is 0.500. The van der Waals surface area contributed by atoms with E-state index in [0.717, 1.165) is 0 Å². The average Bonchev–Trinajstić information content (AvgIpc) is 1.82. The van der Waals surface area contributed by atoms with E-state index in [0.29, 0.717) is 0 Å². The summed E-state index contributed by atoms with van der Waals surface area (Å²) in [6.45, 7) is 0. The predicted molar refractivity (Wildman–Crippen MR) is 65.7 cm³/mol. The molecule has 4 N–H and O–H groups in total. The van der Waals surface area contributed by atoms with Crippen LogP contribution >= 0.6 is 0 Å². The van der Waals surface area contributed by atoms with Crippen LogP contribution in [-0.4, -0.2) is 162 Å². The zero-order valence-electron chi connectivity index (χ0n) is 6.43. The molecule has 17 heavy (non-hydrogen) atoms. The van der Waals surface area contributed by atoms with Gasteiger partial charge >= 0.3 is 136 Å². The molecule has 0 unspecified atom stereocenters. The van der Waals surface area contributed by atoms with Crippen molar-refractivity contribution in [2.45, 2.75) is 18.4 Å². The Morgan fingerprint density at radius 2 is 1.00 bits per heavy atom. The Labute approximate surface area is 186 Å². The van der Waals surface area contributed by atoms with Gasteiger partial charge in [0.1, 0.15) is 0 Å². The molecule has 11 heteroatoms. The van der Waals surface area contributed by atoms with Gasteiger partial charge < -0.3 is 20.4 Å². The molecule has 0 aliphatic rings. The molecule has 0 spiro atoms. The van der Waals surface area contributed by atoms with E-state index in [9.17, 15) is 14.4 Å². The number of carboxylic acid groups (broad SMARTS) is 3. The van der Waals surface area contributed by atoms with Gasteiger partial charge in [-0.25, -0.2) is 4.79 Å². The zero-order chi connectivity index (χ0) is 10.6. The number of carbonyl (C=O) groups is 3. The van der Waals surface area contributed by atoms with Crippen LogP contribution in [0.5, 0.6) is 0 Å². The van der Waals surface area contributed by atoms with Gasteiger partial charge in [0, 0.05) is 0 Å². The number of rotatable bonds is 5. The third kappa shape index (κ3) is 14.6. The Morgan fingerprint density at radius 1 is 0.765 bits per heavy atom. The molecule has 0 aliphatic heterocycles. The molecule has 0 saturated heterocycles. The summed E-state index contributed by atoms with van der Waals surface area (Å²) in [6, 6.07) is 0. The summed E-state index contributed by atoms with van der Waals surface area (Å²) in [5, 5.41) is 33.8. The van der Waals surface area contributed by atoms with Crippen molar-refractivity contribution in [1.82, 2.24) is 0 Å². The van der Waals surface area contributed by atoms with Crippen molar-refractivity contribution in [2.75, 3.05) is 0 Å². The summed E-state index contributed by atoms with van der Waals surface area (Å²) in [5.74, 6) is -5.02. The first-order valence-electron chi connectivity index (χ1n) is 3.17. The quantitative estimate of drug-likeness (QED) is 0.381. The Morgan fingerprint density at radius 3 is 1.12 bits per heavy atom. The number of carboxylic acids is 3. The maximum absolute atomic E-state index is 10.3. The standard InChI is InChI=1S/C6H8O7.4Na.4H/c7-3(8)1-6(13,5(11)12)2-4(9)10;;;;;;;;/h13H,1-2H2,(H,7,8)(H,9,10)(H,11,12);;;;;;;;. The maximum atomic E-state index is 10.3. The van der Waals surface area contributed by atoms with Crippen LogP contribution in [0.3, 0.4) is 0 Å². The van der Waals surface area contributed by atoms with Gasteiger partial charge in [-0.3, -0.25) is 9.59 Å². The topological polar surface area (TPSA) is 132 Å². The average molecular weight is 288 g/mol. The van der Waals surface area contributed by atoms with E-state index in [1.54, 1.807) is 0 Å². The van der Waals surface area contributed by atoms with Crippen molar-refractivity contribution >= 4 is 136 Å². The first-order chi connectivity index (χ1) is 5.78. The summed E-state index contributed by atoms with van der Waals surface area (Å²) < 4.78 is 0. The molecular formula is C6H12Na4O7. The van der Waals surface area contributed by atoms with Crippen LogP contribution in [0, 0.1) is 0 Å². The molecule has 0 fully saturated rings. The normalized spacial score (nSPS) is 8.29. The molecule has 7 nitrogen and oxygen atoms in total. The minimum absolute atomic E-state index is 0. The molecule has 0 atom stereocenters. The Balaban J connectivity index is -0.000000120. The SMILES string of the molecule is O=C(O)CC(O)(CC(=O)O)C(=O)O.[NaH].[NaH].[NaH].[NaH]. The number of aliphatic carboxylic acids is 3. The van der Waals surface area contributed by atoms with Gasteiger partial charge in [-0.15, -0.1) is 0 Å². The Bertz CT molecular complexity index is 241. The van der Waals surface area contributed by atoms with Crippen LogP contribution in [0.25, 0.3) is 0 Å². The van der Waals surface area contributed by atoms with E-state index in [4.69, 9.17) is 20.4 Å². The molecule has 0 aromatic rings. The second kappa shape index (κ2) is 14.8. The molecule has 0 heterocycles. The van der Waals surface area contributed by atoms with E-state index in [-0.39, 0.29) is 118 Å². The van der Waals surface area contributed by atoms with Crippen molar-refractivity contribution < 1.29 is 34.8 Å². The number of hydrogen-bond donors (Lipinski definition) is 4. The fourth-order valence-corrected chi connectivity index (χ4v) is 0.714. The number of hydrogen-bond acceptors (Lipinski definition) is 4. The minimum atomic E-state index is -2.74. The predicted octanol–water partition coefficient (Wildman–Crippen LogP) is -3.84. The zero-order valence-corrected chi connectivity index (χ0v) is 6.43. The van der Waals surface area contributed by atoms with Gasteiger partial charge in [-0.2, -0.15) is 0 Å². The van der Waals surface area contributed by atoms with Crippen LogP contribution in [0.15, 0.2) is 0 Å². The van der Waals surface area contributed by atoms with Crippen molar-refractivity contribution in [3.05, 3.63) is 0 Å². The molecule has 0 rings (SSSR count). The van der Waals surface area contributed by atoms with Gasteiger partial charge in [-0.1, -0.05) is 0 Å². The van der Waals surface area contributed by atoms with Crippen LogP contribution < -0.4 is 0 Å². The second-order valence-corrected chi connectivity index (χ2v) is 2.48. The van der Waals surface area contributed by atoms with Gasteiger partial charge in [0.15, 0.2) is 5.60 Å². The molecule has 0 aliphatic carbocycles. The number of aliphatic hydroxyl groups is 1. The van der Waals surface area contributed by atoms with Gasteiger partial charge in [0.25, 0.3) is 0 Å². The molecule has 0 saturated carbocycles. The fourth-order valence-electron chi connectivity index (χ4n) is 0.714. The van der Waals surface area contributed by atoms with Crippen LogP contribution in [-0.2, 0) is 14.4 Å². The van der Waals surface area contributed by atoms with Crippen molar-refractivity contribution in [3.63, 3.8) is 0 Å². The summed E-state index contributed by atoms with van der Waals surface area (Å²) in [7, 11) is 0. The Kier molecular flexibility index (Phi) is 27.5. The molecule has 0 bridgehead atoms. The van der Waals surface area contributed by atoms with Gasteiger partial charge in [0.2, 0.25) is 0 Å². The van der Waals surface area contributed by atoms with E-state index >= 15 is 0 Å². The third-order valence-electron chi connectivity index (χ3n) is 1.29. The molecule has 0 amide bonds. The summed E-state index contributed by atoms with van der Waals surface area (Å²) in [4.78, 5) is 30.5.